The number of aliphatic hydroxyl groups excluding tert-OH is 1. The van der Waals surface area contributed by atoms with Crippen molar-refractivity contribution in [1.82, 2.24) is 10.3 Å². The Bertz CT molecular complexity index is 1570. The number of aliphatic hydroxyl groups is 1. The number of hydrogen-bond acceptors (Lipinski definition) is 4. The lowest BCUT2D eigenvalue weighted by Crippen LogP contribution is -2.31. The smallest absolute Gasteiger partial charge is 0.225 e. The van der Waals surface area contributed by atoms with Gasteiger partial charge >= 0.3 is 0 Å². The lowest BCUT2D eigenvalue weighted by molar-refractivity contribution is -0.120. The van der Waals surface area contributed by atoms with E-state index in [-0.39, 0.29) is 30.9 Å². The van der Waals surface area contributed by atoms with Crippen LogP contribution in [0.4, 0.5) is 0 Å². The van der Waals surface area contributed by atoms with E-state index in [1.54, 1.807) is 6.20 Å². The molecule has 2 heterocycles. The molecule has 0 fully saturated rings. The van der Waals surface area contributed by atoms with Gasteiger partial charge in [0.1, 0.15) is 11.3 Å². The number of amides is 1. The molecule has 0 aliphatic carbocycles. The van der Waals surface area contributed by atoms with Crippen molar-refractivity contribution >= 4 is 16.9 Å². The molecule has 0 aliphatic heterocycles. The van der Waals surface area contributed by atoms with Crippen LogP contribution in [0.2, 0.25) is 0 Å². The van der Waals surface area contributed by atoms with E-state index >= 15 is 0 Å². The second kappa shape index (κ2) is 11.0. The van der Waals surface area contributed by atoms with Crippen molar-refractivity contribution in [3.63, 3.8) is 0 Å². The number of aryl methyl sites for hydroxylation is 3. The van der Waals surface area contributed by atoms with Crippen LogP contribution < -0.4 is 5.32 Å². The molecule has 0 spiro atoms. The summed E-state index contributed by atoms with van der Waals surface area (Å²) in [5.41, 5.74) is 7.95. The van der Waals surface area contributed by atoms with Gasteiger partial charge in [0, 0.05) is 17.3 Å². The number of aromatic nitrogens is 1. The first-order valence-corrected chi connectivity index (χ1v) is 12.9. The quantitative estimate of drug-likeness (QED) is 0.259. The molecule has 5 heteroatoms. The zero-order valence-corrected chi connectivity index (χ0v) is 21.9. The first-order chi connectivity index (χ1) is 18.4. The summed E-state index contributed by atoms with van der Waals surface area (Å²) in [6, 6.07) is 27.8. The van der Waals surface area contributed by atoms with Crippen LogP contribution in [0.25, 0.3) is 11.0 Å². The Morgan fingerprint density at radius 2 is 1.74 bits per heavy atom. The zero-order chi connectivity index (χ0) is 26.6. The van der Waals surface area contributed by atoms with Crippen LogP contribution in [0.1, 0.15) is 56.8 Å². The van der Waals surface area contributed by atoms with Crippen LogP contribution in [0.5, 0.6) is 0 Å². The number of hydrogen-bond donors (Lipinski definition) is 2. The fourth-order valence-electron chi connectivity index (χ4n) is 5.07. The van der Waals surface area contributed by atoms with E-state index in [2.05, 4.69) is 42.3 Å². The number of benzene rings is 3. The Labute approximate surface area is 223 Å². The monoisotopic (exact) mass is 504 g/mol. The fourth-order valence-corrected chi connectivity index (χ4v) is 5.07. The number of carbonyl (C=O) groups excluding carboxylic acids is 1. The van der Waals surface area contributed by atoms with Crippen molar-refractivity contribution in [3.05, 3.63) is 136 Å². The molecule has 192 valence electrons. The standard InChI is InChI=1S/C33H32N2O3/c1-21-9-11-28(22(2)15-21)33(25-7-5-4-6-8-25)35-32(37)18-24-10-12-30-27(17-24)19-31(38-30)29(20-36)26-13-14-34-23(3)16-26/h4-17,19,29,33,36H,18,20H2,1-3H3,(H,35,37). The topological polar surface area (TPSA) is 75.4 Å². The van der Waals surface area contributed by atoms with Crippen LogP contribution >= 0.6 is 0 Å². The van der Waals surface area contributed by atoms with Crippen LogP contribution in [0, 0.1) is 20.8 Å². The first-order valence-electron chi connectivity index (χ1n) is 12.9. The van der Waals surface area contributed by atoms with Crippen molar-refractivity contribution in [1.29, 1.82) is 0 Å². The fraction of sp³-hybridized carbons (Fsp3) is 0.212. The summed E-state index contributed by atoms with van der Waals surface area (Å²) >= 11 is 0. The minimum Gasteiger partial charge on any atom is -0.460 e. The summed E-state index contributed by atoms with van der Waals surface area (Å²) < 4.78 is 6.10. The van der Waals surface area contributed by atoms with E-state index in [9.17, 15) is 9.90 Å². The lowest BCUT2D eigenvalue weighted by atomic mass is 9.93. The number of nitrogens with zero attached hydrogens (tertiary/aromatic N) is 1. The average Bonchev–Trinajstić information content (AvgIpc) is 3.31. The minimum absolute atomic E-state index is 0.0533. The molecule has 5 aromatic rings. The maximum atomic E-state index is 13.3. The van der Waals surface area contributed by atoms with Gasteiger partial charge in [-0.3, -0.25) is 9.78 Å². The second-order valence-electron chi connectivity index (χ2n) is 9.93. The molecule has 2 atom stereocenters. The molecule has 5 rings (SSSR count). The molecule has 5 nitrogen and oxygen atoms in total. The Hall–Kier alpha value is -4.22. The maximum absolute atomic E-state index is 13.3. The summed E-state index contributed by atoms with van der Waals surface area (Å²) in [4.78, 5) is 17.5. The van der Waals surface area contributed by atoms with Gasteiger partial charge in [0.15, 0.2) is 0 Å². The van der Waals surface area contributed by atoms with Gasteiger partial charge in [0.25, 0.3) is 0 Å². The third-order valence-electron chi connectivity index (χ3n) is 6.99. The van der Waals surface area contributed by atoms with E-state index in [1.165, 1.54) is 5.56 Å². The van der Waals surface area contributed by atoms with Crippen molar-refractivity contribution in [2.24, 2.45) is 0 Å². The maximum Gasteiger partial charge on any atom is 0.225 e. The van der Waals surface area contributed by atoms with Gasteiger partial charge in [-0.25, -0.2) is 0 Å². The number of nitrogens with one attached hydrogen (secondary N) is 1. The van der Waals surface area contributed by atoms with E-state index in [1.807, 2.05) is 73.7 Å². The van der Waals surface area contributed by atoms with Gasteiger partial charge in [0.05, 0.1) is 25.0 Å². The number of fused-ring (bicyclic) bond motifs is 1. The van der Waals surface area contributed by atoms with Crippen LogP contribution in [-0.4, -0.2) is 22.6 Å². The van der Waals surface area contributed by atoms with E-state index in [0.717, 1.165) is 44.5 Å². The number of furan rings is 1. The van der Waals surface area contributed by atoms with Gasteiger partial charge in [-0.05, 0) is 78.9 Å². The van der Waals surface area contributed by atoms with Gasteiger partial charge in [-0.2, -0.15) is 0 Å². The molecule has 2 unspecified atom stereocenters. The van der Waals surface area contributed by atoms with Gasteiger partial charge in [-0.15, -0.1) is 0 Å². The van der Waals surface area contributed by atoms with Crippen molar-refractivity contribution in [2.75, 3.05) is 6.61 Å². The third kappa shape index (κ3) is 5.53. The molecule has 2 N–H and O–H groups in total. The van der Waals surface area contributed by atoms with Crippen LogP contribution in [0.15, 0.2) is 95.5 Å². The van der Waals surface area contributed by atoms with Crippen molar-refractivity contribution < 1.29 is 14.3 Å². The van der Waals surface area contributed by atoms with Crippen LogP contribution in [0.3, 0.4) is 0 Å². The zero-order valence-electron chi connectivity index (χ0n) is 21.9. The average molecular weight is 505 g/mol. The predicted octanol–water partition coefficient (Wildman–Crippen LogP) is 6.33. The summed E-state index contributed by atoms with van der Waals surface area (Å²) in [5, 5.41) is 14.3. The third-order valence-corrected chi connectivity index (χ3v) is 6.99. The lowest BCUT2D eigenvalue weighted by Gasteiger charge is -2.22. The summed E-state index contributed by atoms with van der Waals surface area (Å²) in [6.45, 7) is 6.02. The highest BCUT2D eigenvalue weighted by Gasteiger charge is 2.21. The molecule has 2 aromatic heterocycles. The van der Waals surface area contributed by atoms with Crippen LogP contribution in [-0.2, 0) is 11.2 Å². The normalized spacial score (nSPS) is 12.8. The Morgan fingerprint density at radius 1 is 0.921 bits per heavy atom. The number of rotatable bonds is 8. The second-order valence-corrected chi connectivity index (χ2v) is 9.93. The molecule has 3 aromatic carbocycles. The SMILES string of the molecule is Cc1ccc(C(NC(=O)Cc2ccc3oc(C(CO)c4ccnc(C)c4)cc3c2)c2ccccc2)c(C)c1. The minimum atomic E-state index is -0.278. The van der Waals surface area contributed by atoms with E-state index < -0.39 is 0 Å². The molecule has 0 bridgehead atoms. The van der Waals surface area contributed by atoms with Gasteiger partial charge < -0.3 is 14.8 Å². The highest BCUT2D eigenvalue weighted by atomic mass is 16.3. The molecule has 0 saturated carbocycles. The molecule has 0 saturated heterocycles. The molecular formula is C33H32N2O3. The summed E-state index contributed by atoms with van der Waals surface area (Å²) in [5.74, 6) is 0.358. The molecule has 38 heavy (non-hydrogen) atoms. The Kier molecular flexibility index (Phi) is 7.38. The Balaban J connectivity index is 1.38. The summed E-state index contributed by atoms with van der Waals surface area (Å²) in [7, 11) is 0. The molecular weight excluding hydrogens is 472 g/mol. The van der Waals surface area contributed by atoms with Crippen molar-refractivity contribution in [3.8, 4) is 0 Å². The highest BCUT2D eigenvalue weighted by Crippen LogP contribution is 2.31. The van der Waals surface area contributed by atoms with Gasteiger partial charge in [-0.1, -0.05) is 60.2 Å². The van der Waals surface area contributed by atoms with E-state index in [0.29, 0.717) is 5.76 Å². The first kappa shape index (κ1) is 25.4. The van der Waals surface area contributed by atoms with Gasteiger partial charge in [0.2, 0.25) is 5.91 Å². The summed E-state index contributed by atoms with van der Waals surface area (Å²) in [6.07, 6.45) is 1.99. The van der Waals surface area contributed by atoms with E-state index in [4.69, 9.17) is 4.42 Å². The largest absolute Gasteiger partial charge is 0.460 e. The molecule has 0 aliphatic rings. The highest BCUT2D eigenvalue weighted by molar-refractivity contribution is 5.83. The molecule has 1 amide bonds. The predicted molar refractivity (Wildman–Crippen MR) is 150 cm³/mol. The number of pyridine rings is 1. The molecule has 0 radical (unpaired) electrons. The van der Waals surface area contributed by atoms with Crippen molar-refractivity contribution in [2.45, 2.75) is 39.2 Å². The Morgan fingerprint density at radius 3 is 2.47 bits per heavy atom. The number of carbonyl (C=O) groups is 1.